The predicted molar refractivity (Wildman–Crippen MR) is 77.9 cm³/mol. The molecule has 0 aliphatic heterocycles. The maximum atomic E-state index is 6.15. The molecule has 0 amide bonds. The number of anilines is 1. The van der Waals surface area contributed by atoms with Crippen LogP contribution in [0, 0.1) is 12.3 Å². The van der Waals surface area contributed by atoms with Crippen molar-refractivity contribution in [3.8, 4) is 12.3 Å². The Kier molecular flexibility index (Phi) is 5.01. The second-order valence-electron chi connectivity index (χ2n) is 5.26. The number of rotatable bonds is 4. The largest absolute Gasteiger partial charge is 0.349 e. The van der Waals surface area contributed by atoms with E-state index >= 15 is 0 Å². The molecule has 0 fully saturated rings. The van der Waals surface area contributed by atoms with Crippen molar-refractivity contribution in [1.29, 1.82) is 0 Å². The fraction of sp³-hybridized carbons (Fsp3) is 0.500. The van der Waals surface area contributed by atoms with Gasteiger partial charge < -0.3 is 10.2 Å². The lowest BCUT2D eigenvalue weighted by atomic mass is 10.1. The van der Waals surface area contributed by atoms with Gasteiger partial charge in [0.1, 0.15) is 5.82 Å². The van der Waals surface area contributed by atoms with E-state index in [-0.39, 0.29) is 5.54 Å². The van der Waals surface area contributed by atoms with Crippen molar-refractivity contribution in [2.24, 2.45) is 0 Å². The number of nitrogens with one attached hydrogen (secondary N) is 1. The molecule has 0 aliphatic rings. The molecule has 98 valence electrons. The van der Waals surface area contributed by atoms with Crippen LogP contribution < -0.4 is 10.2 Å². The second-order valence-corrected chi connectivity index (χ2v) is 5.67. The van der Waals surface area contributed by atoms with Gasteiger partial charge in [0.25, 0.3) is 0 Å². The lowest BCUT2D eigenvalue weighted by molar-refractivity contribution is 0.421. The van der Waals surface area contributed by atoms with E-state index in [0.717, 1.165) is 11.5 Å². The Morgan fingerprint density at radius 1 is 1.44 bits per heavy atom. The highest BCUT2D eigenvalue weighted by Gasteiger charge is 2.12. The lowest BCUT2D eigenvalue weighted by Gasteiger charge is -2.21. The Morgan fingerprint density at radius 2 is 2.11 bits per heavy atom. The van der Waals surface area contributed by atoms with Gasteiger partial charge in [-0.15, -0.1) is 6.42 Å². The highest BCUT2D eigenvalue weighted by molar-refractivity contribution is 6.31. The summed E-state index contributed by atoms with van der Waals surface area (Å²) in [4.78, 5) is 6.44. The van der Waals surface area contributed by atoms with Crippen molar-refractivity contribution in [1.82, 2.24) is 10.3 Å². The molecule has 1 aromatic heterocycles. The maximum Gasteiger partial charge on any atom is 0.129 e. The molecule has 0 atom stereocenters. The molecule has 0 radical (unpaired) electrons. The van der Waals surface area contributed by atoms with Gasteiger partial charge in [-0.1, -0.05) is 17.5 Å². The van der Waals surface area contributed by atoms with Gasteiger partial charge in [0, 0.05) is 19.1 Å². The first-order chi connectivity index (χ1) is 8.33. The van der Waals surface area contributed by atoms with Crippen LogP contribution in [-0.4, -0.2) is 24.1 Å². The molecule has 0 bridgehead atoms. The zero-order chi connectivity index (χ0) is 13.8. The molecule has 18 heavy (non-hydrogen) atoms. The molecule has 3 nitrogen and oxygen atoms in total. The fourth-order valence-corrected chi connectivity index (χ4v) is 1.55. The van der Waals surface area contributed by atoms with Crippen molar-refractivity contribution in [3.05, 3.63) is 22.8 Å². The van der Waals surface area contributed by atoms with Crippen LogP contribution in [0.15, 0.2) is 12.1 Å². The Bertz CT molecular complexity index is 443. The molecule has 1 aromatic rings. The van der Waals surface area contributed by atoms with Gasteiger partial charge in [-0.25, -0.2) is 4.98 Å². The summed E-state index contributed by atoms with van der Waals surface area (Å²) in [6.45, 7) is 7.49. The minimum absolute atomic E-state index is 0.0335. The summed E-state index contributed by atoms with van der Waals surface area (Å²) in [6.07, 6.45) is 5.29. The summed E-state index contributed by atoms with van der Waals surface area (Å²) in [5, 5.41) is 4.04. The van der Waals surface area contributed by atoms with E-state index < -0.39 is 0 Å². The molecule has 1 N–H and O–H groups in total. The summed E-state index contributed by atoms with van der Waals surface area (Å²) in [5.41, 5.74) is 0.874. The Labute approximate surface area is 115 Å². The lowest BCUT2D eigenvalue weighted by Crippen LogP contribution is -2.35. The highest BCUT2D eigenvalue weighted by atomic mass is 35.5. The molecule has 0 saturated heterocycles. The smallest absolute Gasteiger partial charge is 0.129 e. The van der Waals surface area contributed by atoms with Gasteiger partial charge in [0.15, 0.2) is 0 Å². The van der Waals surface area contributed by atoms with Crippen molar-refractivity contribution in [2.45, 2.75) is 32.9 Å². The standard InChI is InChI=1S/C14H20ClN3/c1-6-9-18(5)13-8-7-11(15)12(17-13)10-16-14(2,3)4/h1,7-8,16H,9-10H2,2-5H3. The van der Waals surface area contributed by atoms with E-state index in [2.05, 4.69) is 37.0 Å². The summed E-state index contributed by atoms with van der Waals surface area (Å²) >= 11 is 6.15. The van der Waals surface area contributed by atoms with Gasteiger partial charge in [-0.05, 0) is 32.9 Å². The number of halogens is 1. The van der Waals surface area contributed by atoms with Crippen molar-refractivity contribution in [2.75, 3.05) is 18.5 Å². The topological polar surface area (TPSA) is 28.2 Å². The molecule has 0 spiro atoms. The van der Waals surface area contributed by atoms with E-state index in [9.17, 15) is 0 Å². The van der Waals surface area contributed by atoms with Crippen LogP contribution >= 0.6 is 11.6 Å². The second kappa shape index (κ2) is 6.08. The van der Waals surface area contributed by atoms with Crippen LogP contribution in [0.3, 0.4) is 0 Å². The first-order valence-corrected chi connectivity index (χ1v) is 6.26. The number of pyridine rings is 1. The van der Waals surface area contributed by atoms with Crippen LogP contribution in [-0.2, 0) is 6.54 Å². The van der Waals surface area contributed by atoms with Crippen LogP contribution in [0.1, 0.15) is 26.5 Å². The van der Waals surface area contributed by atoms with Crippen molar-refractivity contribution >= 4 is 17.4 Å². The number of aromatic nitrogens is 1. The number of hydrogen-bond acceptors (Lipinski definition) is 3. The fourth-order valence-electron chi connectivity index (χ4n) is 1.38. The highest BCUT2D eigenvalue weighted by Crippen LogP contribution is 2.19. The van der Waals surface area contributed by atoms with E-state index in [1.807, 2.05) is 24.1 Å². The summed E-state index contributed by atoms with van der Waals surface area (Å²) in [7, 11) is 1.91. The van der Waals surface area contributed by atoms with Crippen molar-refractivity contribution < 1.29 is 0 Å². The molecule has 1 rings (SSSR count). The number of nitrogens with zero attached hydrogens (tertiary/aromatic N) is 2. The zero-order valence-electron chi connectivity index (χ0n) is 11.4. The van der Waals surface area contributed by atoms with Crippen molar-refractivity contribution in [3.63, 3.8) is 0 Å². The summed E-state index contributed by atoms with van der Waals surface area (Å²) < 4.78 is 0. The SMILES string of the molecule is C#CCN(C)c1ccc(Cl)c(CNC(C)(C)C)n1. The van der Waals surface area contributed by atoms with Crippen LogP contribution in [0.25, 0.3) is 0 Å². The third-order valence-electron chi connectivity index (χ3n) is 2.41. The van der Waals surface area contributed by atoms with E-state index in [1.165, 1.54) is 0 Å². The quantitative estimate of drug-likeness (QED) is 0.849. The molecular weight excluding hydrogens is 246 g/mol. The molecule has 4 heteroatoms. The number of terminal acetylenes is 1. The first kappa shape index (κ1) is 14.8. The Balaban J connectivity index is 2.85. The predicted octanol–water partition coefficient (Wildman–Crippen LogP) is 2.69. The van der Waals surface area contributed by atoms with Crippen LogP contribution in [0.2, 0.25) is 5.02 Å². The van der Waals surface area contributed by atoms with E-state index in [0.29, 0.717) is 18.1 Å². The van der Waals surface area contributed by atoms with Crippen LogP contribution in [0.4, 0.5) is 5.82 Å². The van der Waals surface area contributed by atoms with Gasteiger partial charge >= 0.3 is 0 Å². The molecular formula is C14H20ClN3. The Hall–Kier alpha value is -1.24. The number of hydrogen-bond donors (Lipinski definition) is 1. The van der Waals surface area contributed by atoms with E-state index in [4.69, 9.17) is 18.0 Å². The van der Waals surface area contributed by atoms with Crippen LogP contribution in [0.5, 0.6) is 0 Å². The van der Waals surface area contributed by atoms with E-state index in [1.54, 1.807) is 0 Å². The van der Waals surface area contributed by atoms with Gasteiger partial charge in [-0.3, -0.25) is 0 Å². The average molecular weight is 266 g/mol. The molecule has 0 saturated carbocycles. The average Bonchev–Trinajstić information content (AvgIpc) is 2.27. The maximum absolute atomic E-state index is 6.15. The van der Waals surface area contributed by atoms with Gasteiger partial charge in [0.05, 0.1) is 17.3 Å². The van der Waals surface area contributed by atoms with Gasteiger partial charge in [-0.2, -0.15) is 0 Å². The minimum atomic E-state index is 0.0335. The first-order valence-electron chi connectivity index (χ1n) is 5.88. The molecule has 0 unspecified atom stereocenters. The monoisotopic (exact) mass is 265 g/mol. The van der Waals surface area contributed by atoms with Gasteiger partial charge in [0.2, 0.25) is 0 Å². The third-order valence-corrected chi connectivity index (χ3v) is 2.75. The Morgan fingerprint density at radius 3 is 2.67 bits per heavy atom. The molecule has 1 heterocycles. The summed E-state index contributed by atoms with van der Waals surface area (Å²) in [5.74, 6) is 3.43. The zero-order valence-corrected chi connectivity index (χ0v) is 12.2. The summed E-state index contributed by atoms with van der Waals surface area (Å²) in [6, 6.07) is 3.73. The normalized spacial score (nSPS) is 11.1. The molecule has 0 aliphatic carbocycles. The minimum Gasteiger partial charge on any atom is -0.349 e. The molecule has 0 aromatic carbocycles. The third kappa shape index (κ3) is 4.56.